The second kappa shape index (κ2) is 4.55. The molecule has 2 rings (SSSR count). The van der Waals surface area contributed by atoms with E-state index in [1.807, 2.05) is 19.9 Å². The van der Waals surface area contributed by atoms with Crippen LogP contribution >= 0.6 is 11.6 Å². The number of aliphatic imine (C=N–C) groups is 2. The summed E-state index contributed by atoms with van der Waals surface area (Å²) in [6.45, 7) is 3.86. The Kier molecular flexibility index (Phi) is 3.26. The highest BCUT2D eigenvalue weighted by atomic mass is 35.5. The molecule has 17 heavy (non-hydrogen) atoms. The van der Waals surface area contributed by atoms with Crippen LogP contribution < -0.4 is 5.73 Å². The summed E-state index contributed by atoms with van der Waals surface area (Å²) in [6, 6.07) is 3.72. The van der Waals surface area contributed by atoms with Gasteiger partial charge in [0.25, 0.3) is 0 Å². The summed E-state index contributed by atoms with van der Waals surface area (Å²) in [6.07, 6.45) is 3.22. The fourth-order valence-electron chi connectivity index (χ4n) is 1.76. The van der Waals surface area contributed by atoms with Crippen molar-refractivity contribution < 1.29 is 0 Å². The highest BCUT2D eigenvalue weighted by Gasteiger charge is 2.28. The van der Waals surface area contributed by atoms with Gasteiger partial charge >= 0.3 is 0 Å². The number of pyridine rings is 1. The van der Waals surface area contributed by atoms with Crippen molar-refractivity contribution >= 4 is 23.0 Å². The molecule has 0 unspecified atom stereocenters. The molecule has 0 amide bonds. The zero-order valence-corrected chi connectivity index (χ0v) is 10.7. The van der Waals surface area contributed by atoms with E-state index in [4.69, 9.17) is 17.3 Å². The number of rotatable bonds is 3. The first kappa shape index (κ1) is 12.2. The minimum atomic E-state index is -0.798. The van der Waals surface area contributed by atoms with Gasteiger partial charge in [0.15, 0.2) is 0 Å². The highest BCUT2D eigenvalue weighted by Crippen LogP contribution is 2.20. The van der Waals surface area contributed by atoms with E-state index >= 15 is 0 Å². The lowest BCUT2D eigenvalue weighted by molar-refractivity contribution is 0.441. The van der Waals surface area contributed by atoms with Gasteiger partial charge in [-0.3, -0.25) is 5.73 Å². The molecule has 0 aromatic carbocycles. The Labute approximate surface area is 106 Å². The molecular formula is C12H15ClN4. The van der Waals surface area contributed by atoms with Crippen molar-refractivity contribution in [3.8, 4) is 0 Å². The molecule has 0 saturated heterocycles. The van der Waals surface area contributed by atoms with Gasteiger partial charge in [0.1, 0.15) is 5.15 Å². The molecule has 0 aliphatic carbocycles. The third-order valence-electron chi connectivity index (χ3n) is 2.82. The first-order valence-electron chi connectivity index (χ1n) is 5.51. The lowest BCUT2D eigenvalue weighted by Gasteiger charge is -2.16. The van der Waals surface area contributed by atoms with Gasteiger partial charge in [-0.25, -0.2) is 15.0 Å². The Bertz CT molecular complexity index is 458. The van der Waals surface area contributed by atoms with Gasteiger partial charge in [-0.05, 0) is 31.9 Å². The van der Waals surface area contributed by atoms with E-state index in [-0.39, 0.29) is 0 Å². The summed E-state index contributed by atoms with van der Waals surface area (Å²) in [5.74, 6) is -0.798. The quantitative estimate of drug-likeness (QED) is 0.836. The molecule has 1 aromatic rings. The average molecular weight is 251 g/mol. The van der Waals surface area contributed by atoms with Gasteiger partial charge in [-0.1, -0.05) is 17.7 Å². The zero-order valence-electron chi connectivity index (χ0n) is 9.94. The van der Waals surface area contributed by atoms with Crippen molar-refractivity contribution in [1.29, 1.82) is 0 Å². The van der Waals surface area contributed by atoms with Gasteiger partial charge in [-0.2, -0.15) is 0 Å². The van der Waals surface area contributed by atoms with Crippen LogP contribution in [0.2, 0.25) is 5.15 Å². The number of aromatic nitrogens is 1. The van der Waals surface area contributed by atoms with Crippen LogP contribution in [0, 0.1) is 0 Å². The molecule has 0 saturated carbocycles. The monoisotopic (exact) mass is 250 g/mol. The smallest absolute Gasteiger partial charge is 0.202 e. The maximum absolute atomic E-state index is 6.10. The minimum Gasteiger partial charge on any atom is -0.288 e. The third kappa shape index (κ3) is 2.90. The summed E-state index contributed by atoms with van der Waals surface area (Å²) in [5, 5.41) is 0.500. The first-order chi connectivity index (χ1) is 7.98. The Hall–Kier alpha value is -1.26. The molecule has 0 spiro atoms. The van der Waals surface area contributed by atoms with Gasteiger partial charge in [-0.15, -0.1) is 0 Å². The van der Waals surface area contributed by atoms with Crippen LogP contribution in [0.3, 0.4) is 0 Å². The number of nitrogens with zero attached hydrogens (tertiary/aromatic N) is 3. The lowest BCUT2D eigenvalue weighted by Crippen LogP contribution is -2.34. The molecule has 4 nitrogen and oxygen atoms in total. The number of aryl methyl sites for hydroxylation is 1. The Morgan fingerprint density at radius 3 is 2.41 bits per heavy atom. The molecule has 0 bridgehead atoms. The Morgan fingerprint density at radius 1 is 1.24 bits per heavy atom. The average Bonchev–Trinajstić information content (AvgIpc) is 2.53. The van der Waals surface area contributed by atoms with Crippen molar-refractivity contribution in [3.05, 3.63) is 29.0 Å². The van der Waals surface area contributed by atoms with Crippen molar-refractivity contribution in [2.24, 2.45) is 15.7 Å². The largest absolute Gasteiger partial charge is 0.288 e. The highest BCUT2D eigenvalue weighted by molar-refractivity contribution is 6.41. The number of nitrogens with two attached hydrogens (primary N) is 1. The standard InChI is InChI=1S/C12H15ClN4/c1-8-9(2)17-12(14,16-8)6-5-10-3-4-11(13)15-7-10/h3-4,7H,5-6,14H2,1-2H3. The maximum atomic E-state index is 6.10. The molecular weight excluding hydrogens is 236 g/mol. The van der Waals surface area contributed by atoms with E-state index < -0.39 is 5.79 Å². The summed E-state index contributed by atoms with van der Waals surface area (Å²) < 4.78 is 0. The maximum Gasteiger partial charge on any atom is 0.202 e. The van der Waals surface area contributed by atoms with Crippen LogP contribution in [0.5, 0.6) is 0 Å². The molecule has 2 heterocycles. The van der Waals surface area contributed by atoms with Gasteiger partial charge in [0.05, 0.1) is 11.4 Å². The normalized spacial score (nSPS) is 17.9. The molecule has 1 aliphatic rings. The van der Waals surface area contributed by atoms with Crippen LogP contribution in [0.25, 0.3) is 0 Å². The zero-order chi connectivity index (χ0) is 12.5. The molecule has 0 radical (unpaired) electrons. The second-order valence-electron chi connectivity index (χ2n) is 4.26. The molecule has 1 aliphatic heterocycles. The predicted molar refractivity (Wildman–Crippen MR) is 70.7 cm³/mol. The molecule has 0 fully saturated rings. The SMILES string of the molecule is CC1=NC(N)(CCc2ccc(Cl)nc2)N=C1C. The van der Waals surface area contributed by atoms with Crippen LogP contribution in [-0.4, -0.2) is 22.2 Å². The van der Waals surface area contributed by atoms with Crippen molar-refractivity contribution in [1.82, 2.24) is 4.98 Å². The van der Waals surface area contributed by atoms with Crippen LogP contribution in [0.1, 0.15) is 25.8 Å². The number of halogens is 1. The molecule has 2 N–H and O–H groups in total. The van der Waals surface area contributed by atoms with Gasteiger partial charge < -0.3 is 0 Å². The van der Waals surface area contributed by atoms with Crippen LogP contribution in [-0.2, 0) is 6.42 Å². The third-order valence-corrected chi connectivity index (χ3v) is 3.04. The number of hydrogen-bond acceptors (Lipinski definition) is 4. The summed E-state index contributed by atoms with van der Waals surface area (Å²) in [5.41, 5.74) is 9.02. The van der Waals surface area contributed by atoms with E-state index in [1.54, 1.807) is 12.3 Å². The number of hydrogen-bond donors (Lipinski definition) is 1. The second-order valence-corrected chi connectivity index (χ2v) is 4.65. The van der Waals surface area contributed by atoms with E-state index in [0.717, 1.165) is 23.4 Å². The molecule has 5 heteroatoms. The topological polar surface area (TPSA) is 63.6 Å². The van der Waals surface area contributed by atoms with Crippen LogP contribution in [0.15, 0.2) is 28.3 Å². The van der Waals surface area contributed by atoms with Gasteiger partial charge in [0.2, 0.25) is 5.79 Å². The Morgan fingerprint density at radius 2 is 1.88 bits per heavy atom. The minimum absolute atomic E-state index is 0.500. The molecule has 90 valence electrons. The van der Waals surface area contributed by atoms with E-state index in [0.29, 0.717) is 11.6 Å². The lowest BCUT2D eigenvalue weighted by atomic mass is 10.1. The van der Waals surface area contributed by atoms with E-state index in [1.165, 1.54) is 0 Å². The fraction of sp³-hybridized carbons (Fsp3) is 0.417. The first-order valence-corrected chi connectivity index (χ1v) is 5.89. The van der Waals surface area contributed by atoms with Gasteiger partial charge in [0, 0.05) is 12.6 Å². The predicted octanol–water partition coefficient (Wildman–Crippen LogP) is 2.22. The summed E-state index contributed by atoms with van der Waals surface area (Å²) in [4.78, 5) is 12.8. The molecule has 0 atom stereocenters. The molecule has 1 aromatic heterocycles. The van der Waals surface area contributed by atoms with Crippen molar-refractivity contribution in [2.75, 3.05) is 0 Å². The van der Waals surface area contributed by atoms with Crippen molar-refractivity contribution in [3.63, 3.8) is 0 Å². The van der Waals surface area contributed by atoms with E-state index in [2.05, 4.69) is 15.0 Å². The fourth-order valence-corrected chi connectivity index (χ4v) is 1.87. The van der Waals surface area contributed by atoms with Crippen molar-refractivity contribution in [2.45, 2.75) is 32.5 Å². The Balaban J connectivity index is 2.02. The summed E-state index contributed by atoms with van der Waals surface area (Å²) >= 11 is 5.73. The summed E-state index contributed by atoms with van der Waals surface area (Å²) in [7, 11) is 0. The van der Waals surface area contributed by atoms with E-state index in [9.17, 15) is 0 Å². The van der Waals surface area contributed by atoms with Crippen LogP contribution in [0.4, 0.5) is 0 Å².